The first-order valence-corrected chi connectivity index (χ1v) is 5.31. The molecule has 0 saturated heterocycles. The highest BCUT2D eigenvalue weighted by atomic mass is 15.1. The van der Waals surface area contributed by atoms with Crippen LogP contribution in [0.1, 0.15) is 32.4 Å². The number of nitrogens with zero attached hydrogens (tertiary/aromatic N) is 3. The van der Waals surface area contributed by atoms with Crippen molar-refractivity contribution in [3.63, 3.8) is 0 Å². The fraction of sp³-hybridized carbons (Fsp3) is 0.500. The third-order valence-electron chi connectivity index (χ3n) is 2.76. The third-order valence-corrected chi connectivity index (χ3v) is 2.76. The van der Waals surface area contributed by atoms with Crippen LogP contribution in [0.5, 0.6) is 0 Å². The number of hydrogen-bond acceptors (Lipinski definition) is 3. The van der Waals surface area contributed by atoms with Gasteiger partial charge in [-0.05, 0) is 25.0 Å². The van der Waals surface area contributed by atoms with Crippen molar-refractivity contribution in [3.05, 3.63) is 24.0 Å². The summed E-state index contributed by atoms with van der Waals surface area (Å²) in [5.74, 6) is 0. The van der Waals surface area contributed by atoms with E-state index in [1.807, 2.05) is 12.1 Å². The molecule has 0 N–H and O–H groups in total. The number of hydrogen-bond donors (Lipinski definition) is 0. The van der Waals surface area contributed by atoms with Gasteiger partial charge >= 0.3 is 0 Å². The molecule has 0 bridgehead atoms. The molecule has 0 amide bonds. The van der Waals surface area contributed by atoms with E-state index >= 15 is 0 Å². The van der Waals surface area contributed by atoms with Crippen molar-refractivity contribution in [2.45, 2.75) is 32.7 Å². The molecule has 3 heteroatoms. The summed E-state index contributed by atoms with van der Waals surface area (Å²) in [7, 11) is 2.06. The van der Waals surface area contributed by atoms with Gasteiger partial charge in [0.25, 0.3) is 0 Å². The first-order chi connectivity index (χ1) is 7.22. The molecule has 0 fully saturated rings. The Bertz CT molecular complexity index is 350. The second kappa shape index (κ2) is 5.35. The molecule has 0 atom stereocenters. The van der Waals surface area contributed by atoms with E-state index in [2.05, 4.69) is 36.8 Å². The van der Waals surface area contributed by atoms with Gasteiger partial charge in [-0.3, -0.25) is 0 Å². The first-order valence-electron chi connectivity index (χ1n) is 5.31. The van der Waals surface area contributed by atoms with Gasteiger partial charge in [-0.1, -0.05) is 13.8 Å². The fourth-order valence-electron chi connectivity index (χ4n) is 1.75. The molecule has 0 saturated carbocycles. The second-order valence-corrected chi connectivity index (χ2v) is 3.59. The molecule has 0 aliphatic rings. The molecule has 1 aromatic rings. The van der Waals surface area contributed by atoms with E-state index in [9.17, 15) is 0 Å². The van der Waals surface area contributed by atoms with Gasteiger partial charge in [0, 0.05) is 25.0 Å². The van der Waals surface area contributed by atoms with E-state index in [1.165, 1.54) is 0 Å². The van der Waals surface area contributed by atoms with Gasteiger partial charge in [0.1, 0.15) is 11.8 Å². The lowest BCUT2D eigenvalue weighted by atomic mass is 10.1. The van der Waals surface area contributed by atoms with Crippen LogP contribution in [0.3, 0.4) is 0 Å². The number of nitriles is 1. The molecule has 0 spiro atoms. The van der Waals surface area contributed by atoms with E-state index in [0.717, 1.165) is 18.5 Å². The summed E-state index contributed by atoms with van der Waals surface area (Å²) in [6.45, 7) is 4.36. The third kappa shape index (κ3) is 2.69. The van der Waals surface area contributed by atoms with E-state index < -0.39 is 0 Å². The highest BCUT2D eigenvalue weighted by Gasteiger charge is 2.11. The standard InChI is InChI=1S/C12H17N3/c1-4-11(5-2)15(3)12-6-7-14-10(8-12)9-13/h6-8,11H,4-5H2,1-3H3. The highest BCUT2D eigenvalue weighted by molar-refractivity contribution is 5.48. The quantitative estimate of drug-likeness (QED) is 0.755. The average Bonchev–Trinajstić information content (AvgIpc) is 2.30. The Morgan fingerprint density at radius 3 is 2.67 bits per heavy atom. The minimum Gasteiger partial charge on any atom is -0.372 e. The van der Waals surface area contributed by atoms with Gasteiger partial charge in [0.05, 0.1) is 0 Å². The Morgan fingerprint density at radius 2 is 2.13 bits per heavy atom. The lowest BCUT2D eigenvalue weighted by Gasteiger charge is -2.28. The maximum atomic E-state index is 8.77. The van der Waals surface area contributed by atoms with Crippen molar-refractivity contribution in [3.8, 4) is 6.07 Å². The van der Waals surface area contributed by atoms with Crippen molar-refractivity contribution in [2.75, 3.05) is 11.9 Å². The molecule has 0 aliphatic heterocycles. The molecule has 0 aliphatic carbocycles. The summed E-state index contributed by atoms with van der Waals surface area (Å²) in [5, 5.41) is 8.77. The Labute approximate surface area is 91.4 Å². The average molecular weight is 203 g/mol. The fourth-order valence-corrected chi connectivity index (χ4v) is 1.75. The van der Waals surface area contributed by atoms with Crippen molar-refractivity contribution < 1.29 is 0 Å². The minimum atomic E-state index is 0.477. The molecule has 1 rings (SSSR count). The van der Waals surface area contributed by atoms with Crippen LogP contribution >= 0.6 is 0 Å². The molecule has 3 nitrogen and oxygen atoms in total. The number of aromatic nitrogens is 1. The van der Waals surface area contributed by atoms with Gasteiger partial charge in [0.2, 0.25) is 0 Å². The van der Waals surface area contributed by atoms with E-state index in [4.69, 9.17) is 5.26 Å². The van der Waals surface area contributed by atoms with Gasteiger partial charge in [-0.25, -0.2) is 4.98 Å². The van der Waals surface area contributed by atoms with Crippen LogP contribution in [0.25, 0.3) is 0 Å². The highest BCUT2D eigenvalue weighted by Crippen LogP contribution is 2.18. The molecule has 0 unspecified atom stereocenters. The van der Waals surface area contributed by atoms with Crippen LogP contribution in [0.4, 0.5) is 5.69 Å². The Kier molecular flexibility index (Phi) is 4.11. The number of anilines is 1. The van der Waals surface area contributed by atoms with Crippen LogP contribution in [0.15, 0.2) is 18.3 Å². The predicted octanol–water partition coefficient (Wildman–Crippen LogP) is 2.58. The zero-order valence-corrected chi connectivity index (χ0v) is 9.57. The molecule has 0 aromatic carbocycles. The first kappa shape index (κ1) is 11.5. The Balaban J connectivity index is 2.90. The smallest absolute Gasteiger partial charge is 0.142 e. The molecule has 80 valence electrons. The molecular formula is C12H17N3. The van der Waals surface area contributed by atoms with Gasteiger partial charge < -0.3 is 4.90 Å². The maximum Gasteiger partial charge on any atom is 0.142 e. The van der Waals surface area contributed by atoms with Crippen LogP contribution in [0.2, 0.25) is 0 Å². The normalized spacial score (nSPS) is 10.1. The van der Waals surface area contributed by atoms with Gasteiger partial charge in [0.15, 0.2) is 0 Å². The summed E-state index contributed by atoms with van der Waals surface area (Å²) in [6, 6.07) is 6.36. The van der Waals surface area contributed by atoms with E-state index in [0.29, 0.717) is 11.7 Å². The van der Waals surface area contributed by atoms with Crippen LogP contribution in [-0.2, 0) is 0 Å². The predicted molar refractivity (Wildman–Crippen MR) is 61.7 cm³/mol. The van der Waals surface area contributed by atoms with Crippen molar-refractivity contribution in [2.24, 2.45) is 0 Å². The van der Waals surface area contributed by atoms with Gasteiger partial charge in [-0.15, -0.1) is 0 Å². The lowest BCUT2D eigenvalue weighted by molar-refractivity contribution is 0.591. The minimum absolute atomic E-state index is 0.477. The van der Waals surface area contributed by atoms with Crippen molar-refractivity contribution >= 4 is 5.69 Å². The second-order valence-electron chi connectivity index (χ2n) is 3.59. The lowest BCUT2D eigenvalue weighted by Crippen LogP contribution is -2.30. The van der Waals surface area contributed by atoms with Crippen molar-refractivity contribution in [1.29, 1.82) is 5.26 Å². The maximum absolute atomic E-state index is 8.77. The zero-order chi connectivity index (χ0) is 11.3. The largest absolute Gasteiger partial charge is 0.372 e. The molecule has 0 radical (unpaired) electrons. The molecular weight excluding hydrogens is 186 g/mol. The molecule has 1 heterocycles. The SMILES string of the molecule is CCC(CC)N(C)c1ccnc(C#N)c1. The van der Waals surface area contributed by atoms with Crippen LogP contribution in [-0.4, -0.2) is 18.1 Å². The molecule has 1 aromatic heterocycles. The summed E-state index contributed by atoms with van der Waals surface area (Å²) < 4.78 is 0. The summed E-state index contributed by atoms with van der Waals surface area (Å²) in [6.07, 6.45) is 3.90. The van der Waals surface area contributed by atoms with E-state index in [-0.39, 0.29) is 0 Å². The summed E-state index contributed by atoms with van der Waals surface area (Å²) in [4.78, 5) is 6.17. The Hall–Kier alpha value is -1.56. The van der Waals surface area contributed by atoms with E-state index in [1.54, 1.807) is 6.20 Å². The Morgan fingerprint density at radius 1 is 1.47 bits per heavy atom. The zero-order valence-electron chi connectivity index (χ0n) is 9.57. The van der Waals surface area contributed by atoms with Crippen molar-refractivity contribution in [1.82, 2.24) is 4.98 Å². The monoisotopic (exact) mass is 203 g/mol. The van der Waals surface area contributed by atoms with Crippen LogP contribution in [0, 0.1) is 11.3 Å². The topological polar surface area (TPSA) is 39.9 Å². The summed E-state index contributed by atoms with van der Waals surface area (Å²) >= 11 is 0. The van der Waals surface area contributed by atoms with Gasteiger partial charge in [-0.2, -0.15) is 5.26 Å². The molecule has 15 heavy (non-hydrogen) atoms. The van der Waals surface area contributed by atoms with Crippen LogP contribution < -0.4 is 4.90 Å². The summed E-state index contributed by atoms with van der Waals surface area (Å²) in [5.41, 5.74) is 1.54. The number of pyridine rings is 1. The number of rotatable bonds is 4.